The molecule has 1 rings (SSSR count). The molecular formula is C13H19F2N3O2. The van der Waals surface area contributed by atoms with Gasteiger partial charge in [-0.15, -0.1) is 0 Å². The molecule has 0 aliphatic carbocycles. The Kier molecular flexibility index (Phi) is 6.33. The number of rotatable bonds is 8. The van der Waals surface area contributed by atoms with E-state index in [1.54, 1.807) is 12.1 Å². The number of amides is 1. The number of hydrogen-bond acceptors (Lipinski definition) is 4. The summed E-state index contributed by atoms with van der Waals surface area (Å²) in [7, 11) is 3.77. The van der Waals surface area contributed by atoms with Gasteiger partial charge in [0.05, 0.1) is 0 Å². The van der Waals surface area contributed by atoms with Crippen LogP contribution in [0.2, 0.25) is 0 Å². The molecule has 3 N–H and O–H groups in total. The zero-order chi connectivity index (χ0) is 15.1. The molecule has 1 atom stereocenters. The van der Waals surface area contributed by atoms with Gasteiger partial charge in [-0.05, 0) is 20.2 Å². The molecule has 1 aromatic rings. The maximum atomic E-state index is 12.4. The third-order valence-corrected chi connectivity index (χ3v) is 2.64. The van der Waals surface area contributed by atoms with Crippen LogP contribution < -0.4 is 15.8 Å². The van der Waals surface area contributed by atoms with Crippen LogP contribution in [0.5, 0.6) is 5.75 Å². The fourth-order valence-corrected chi connectivity index (χ4v) is 1.72. The van der Waals surface area contributed by atoms with E-state index in [0.717, 1.165) is 0 Å². The van der Waals surface area contributed by atoms with Crippen LogP contribution in [-0.2, 0) is 4.79 Å². The van der Waals surface area contributed by atoms with Gasteiger partial charge >= 0.3 is 6.61 Å². The lowest BCUT2D eigenvalue weighted by Gasteiger charge is -2.20. The van der Waals surface area contributed by atoms with Gasteiger partial charge in [0.1, 0.15) is 11.8 Å². The second-order valence-electron chi connectivity index (χ2n) is 4.51. The SMILES string of the molecule is CN(C)CCNC(C(N)=O)c1ccccc1OC(F)F. The zero-order valence-electron chi connectivity index (χ0n) is 11.5. The number of likely N-dealkylation sites (N-methyl/N-ethyl adjacent to an activating group) is 1. The Morgan fingerprint density at radius 3 is 2.60 bits per heavy atom. The number of carbonyl (C=O) groups excluding carboxylic acids is 1. The molecule has 20 heavy (non-hydrogen) atoms. The van der Waals surface area contributed by atoms with Crippen LogP contribution in [0.4, 0.5) is 8.78 Å². The van der Waals surface area contributed by atoms with E-state index in [1.165, 1.54) is 12.1 Å². The Labute approximate surface area is 116 Å². The molecule has 7 heteroatoms. The van der Waals surface area contributed by atoms with Crippen LogP contribution in [0.15, 0.2) is 24.3 Å². The number of primary amides is 1. The van der Waals surface area contributed by atoms with Gasteiger partial charge < -0.3 is 20.7 Å². The number of nitrogens with two attached hydrogens (primary N) is 1. The number of ether oxygens (including phenoxy) is 1. The smallest absolute Gasteiger partial charge is 0.387 e. The fraction of sp³-hybridized carbons (Fsp3) is 0.462. The van der Waals surface area contributed by atoms with Crippen molar-refractivity contribution in [2.24, 2.45) is 5.73 Å². The summed E-state index contributed by atoms with van der Waals surface area (Å²) >= 11 is 0. The average Bonchev–Trinajstić information content (AvgIpc) is 2.34. The van der Waals surface area contributed by atoms with E-state index in [4.69, 9.17) is 5.73 Å². The van der Waals surface area contributed by atoms with Crippen LogP contribution in [0, 0.1) is 0 Å². The van der Waals surface area contributed by atoms with Crippen molar-refractivity contribution >= 4 is 5.91 Å². The normalized spacial score (nSPS) is 12.7. The minimum absolute atomic E-state index is 0.0522. The summed E-state index contributed by atoms with van der Waals surface area (Å²) < 4.78 is 29.1. The number of benzene rings is 1. The van der Waals surface area contributed by atoms with E-state index < -0.39 is 18.6 Å². The molecule has 0 saturated carbocycles. The Bertz CT molecular complexity index is 441. The lowest BCUT2D eigenvalue weighted by Crippen LogP contribution is -2.37. The van der Waals surface area contributed by atoms with E-state index in [2.05, 4.69) is 10.1 Å². The molecule has 0 spiro atoms. The summed E-state index contributed by atoms with van der Waals surface area (Å²) in [6, 6.07) is 5.24. The number of nitrogens with zero attached hydrogens (tertiary/aromatic N) is 1. The topological polar surface area (TPSA) is 67.6 Å². The molecule has 0 heterocycles. The Hall–Kier alpha value is -1.73. The largest absolute Gasteiger partial charge is 0.434 e. The molecule has 0 aromatic heterocycles. The van der Waals surface area contributed by atoms with E-state index in [-0.39, 0.29) is 5.75 Å². The van der Waals surface area contributed by atoms with E-state index in [9.17, 15) is 13.6 Å². The summed E-state index contributed by atoms with van der Waals surface area (Å²) in [4.78, 5) is 13.4. The Morgan fingerprint density at radius 2 is 2.05 bits per heavy atom. The van der Waals surface area contributed by atoms with Gasteiger partial charge in [0.15, 0.2) is 0 Å². The average molecular weight is 287 g/mol. The highest BCUT2D eigenvalue weighted by molar-refractivity contribution is 5.82. The van der Waals surface area contributed by atoms with E-state index in [1.807, 2.05) is 19.0 Å². The molecular weight excluding hydrogens is 268 g/mol. The highest BCUT2D eigenvalue weighted by Gasteiger charge is 2.22. The van der Waals surface area contributed by atoms with E-state index in [0.29, 0.717) is 18.7 Å². The number of hydrogen-bond donors (Lipinski definition) is 2. The molecule has 0 bridgehead atoms. The second-order valence-corrected chi connectivity index (χ2v) is 4.51. The van der Waals surface area contributed by atoms with Gasteiger partial charge in [-0.3, -0.25) is 4.79 Å². The van der Waals surface area contributed by atoms with Crippen molar-refractivity contribution in [3.8, 4) is 5.75 Å². The first-order chi connectivity index (χ1) is 9.41. The molecule has 0 saturated heterocycles. The summed E-state index contributed by atoms with van der Waals surface area (Å²) in [5.41, 5.74) is 5.63. The van der Waals surface area contributed by atoms with Gasteiger partial charge in [-0.25, -0.2) is 0 Å². The van der Waals surface area contributed by atoms with Crippen molar-refractivity contribution in [3.63, 3.8) is 0 Å². The summed E-state index contributed by atoms with van der Waals surface area (Å²) in [6.07, 6.45) is 0. The van der Waals surface area contributed by atoms with Gasteiger partial charge in [-0.2, -0.15) is 8.78 Å². The molecule has 112 valence electrons. The maximum absolute atomic E-state index is 12.4. The minimum Gasteiger partial charge on any atom is -0.434 e. The lowest BCUT2D eigenvalue weighted by atomic mass is 10.1. The molecule has 0 aliphatic rings. The van der Waals surface area contributed by atoms with Crippen LogP contribution in [0.3, 0.4) is 0 Å². The molecule has 1 amide bonds. The first kappa shape index (κ1) is 16.3. The number of alkyl halides is 2. The number of halogens is 2. The molecule has 0 fully saturated rings. The number of nitrogens with one attached hydrogen (secondary N) is 1. The Balaban J connectivity index is 2.88. The second kappa shape index (κ2) is 7.76. The number of carbonyl (C=O) groups is 1. The van der Waals surface area contributed by atoms with Crippen molar-refractivity contribution in [2.75, 3.05) is 27.2 Å². The minimum atomic E-state index is -2.95. The maximum Gasteiger partial charge on any atom is 0.387 e. The first-order valence-corrected chi connectivity index (χ1v) is 6.13. The van der Waals surface area contributed by atoms with Crippen molar-refractivity contribution < 1.29 is 18.3 Å². The predicted octanol–water partition coefficient (Wildman–Crippen LogP) is 0.966. The lowest BCUT2D eigenvalue weighted by molar-refractivity contribution is -0.120. The van der Waals surface area contributed by atoms with E-state index >= 15 is 0 Å². The van der Waals surface area contributed by atoms with Crippen LogP contribution in [0.25, 0.3) is 0 Å². The van der Waals surface area contributed by atoms with Crippen LogP contribution >= 0.6 is 0 Å². The standard InChI is InChI=1S/C13H19F2N3O2/c1-18(2)8-7-17-11(12(16)19)9-5-3-4-6-10(9)20-13(14)15/h3-6,11,13,17H,7-8H2,1-2H3,(H2,16,19). The van der Waals surface area contributed by atoms with Crippen LogP contribution in [0.1, 0.15) is 11.6 Å². The molecule has 0 aliphatic heterocycles. The van der Waals surface area contributed by atoms with Crippen molar-refractivity contribution in [1.29, 1.82) is 0 Å². The van der Waals surface area contributed by atoms with Crippen molar-refractivity contribution in [1.82, 2.24) is 10.2 Å². The van der Waals surface area contributed by atoms with Crippen LogP contribution in [-0.4, -0.2) is 44.6 Å². The molecule has 1 aromatic carbocycles. The van der Waals surface area contributed by atoms with Gasteiger partial charge in [0.2, 0.25) is 5.91 Å². The zero-order valence-corrected chi connectivity index (χ0v) is 11.5. The summed E-state index contributed by atoms with van der Waals surface area (Å²) in [5.74, 6) is -0.697. The molecule has 0 radical (unpaired) electrons. The highest BCUT2D eigenvalue weighted by Crippen LogP contribution is 2.26. The fourth-order valence-electron chi connectivity index (χ4n) is 1.72. The first-order valence-electron chi connectivity index (χ1n) is 6.13. The van der Waals surface area contributed by atoms with Crippen molar-refractivity contribution in [2.45, 2.75) is 12.7 Å². The van der Waals surface area contributed by atoms with Gasteiger partial charge in [0, 0.05) is 18.7 Å². The van der Waals surface area contributed by atoms with Crippen molar-refractivity contribution in [3.05, 3.63) is 29.8 Å². The number of para-hydroxylation sites is 1. The predicted molar refractivity (Wildman–Crippen MR) is 71.6 cm³/mol. The third-order valence-electron chi connectivity index (χ3n) is 2.64. The third kappa shape index (κ3) is 5.10. The quantitative estimate of drug-likeness (QED) is 0.747. The van der Waals surface area contributed by atoms with Gasteiger partial charge in [-0.1, -0.05) is 18.2 Å². The Morgan fingerprint density at radius 1 is 1.40 bits per heavy atom. The molecule has 5 nitrogen and oxygen atoms in total. The summed E-state index contributed by atoms with van der Waals surface area (Å²) in [6.45, 7) is -1.78. The molecule has 1 unspecified atom stereocenters. The summed E-state index contributed by atoms with van der Waals surface area (Å²) in [5, 5.41) is 2.94. The van der Waals surface area contributed by atoms with Gasteiger partial charge in [0.25, 0.3) is 0 Å². The highest BCUT2D eigenvalue weighted by atomic mass is 19.3. The monoisotopic (exact) mass is 287 g/mol.